The van der Waals surface area contributed by atoms with E-state index >= 15 is 0 Å². The van der Waals surface area contributed by atoms with Crippen molar-refractivity contribution in [2.75, 3.05) is 54.4 Å². The van der Waals surface area contributed by atoms with Gasteiger partial charge in [0, 0.05) is 31.8 Å². The van der Waals surface area contributed by atoms with Crippen molar-refractivity contribution in [2.24, 2.45) is 0 Å². The van der Waals surface area contributed by atoms with Crippen molar-refractivity contribution in [3.8, 4) is 5.75 Å². The maximum absolute atomic E-state index is 5.89. The monoisotopic (exact) mass is 350 g/mol. The van der Waals surface area contributed by atoms with Gasteiger partial charge in [0.1, 0.15) is 12.5 Å². The maximum Gasteiger partial charge on any atom is 0.189 e. The number of rotatable bonds is 12. The van der Waals surface area contributed by atoms with Crippen LogP contribution in [0.2, 0.25) is 0 Å². The summed E-state index contributed by atoms with van der Waals surface area (Å²) in [5, 5.41) is 1.14. The van der Waals surface area contributed by atoms with Gasteiger partial charge in [0.2, 0.25) is 0 Å². The van der Waals surface area contributed by atoms with E-state index in [1.807, 2.05) is 19.1 Å². The number of methoxy groups -OCH3 is 1. The highest BCUT2D eigenvalue weighted by molar-refractivity contribution is 5.90. The van der Waals surface area contributed by atoms with Crippen LogP contribution in [-0.4, -0.2) is 63.8 Å². The van der Waals surface area contributed by atoms with E-state index in [1.54, 1.807) is 7.11 Å². The van der Waals surface area contributed by atoms with Crippen molar-refractivity contribution in [1.29, 1.82) is 0 Å². The first kappa shape index (κ1) is 19.7. The van der Waals surface area contributed by atoms with E-state index in [9.17, 15) is 0 Å². The number of benzene rings is 1. The summed E-state index contributed by atoms with van der Waals surface area (Å²) in [6.07, 6.45) is 3.12. The minimum atomic E-state index is 0.215. The summed E-state index contributed by atoms with van der Waals surface area (Å²) >= 11 is 0. The van der Waals surface area contributed by atoms with Crippen molar-refractivity contribution < 1.29 is 18.9 Å². The number of hydrogen-bond acceptors (Lipinski definition) is 5. The Labute approximate surface area is 150 Å². The van der Waals surface area contributed by atoms with Gasteiger partial charge in [0.15, 0.2) is 6.79 Å². The molecule has 1 heterocycles. The molecule has 0 unspecified atom stereocenters. The first-order valence-electron chi connectivity index (χ1n) is 8.70. The molecule has 1 aromatic heterocycles. The molecule has 0 radical (unpaired) electrons. The topological polar surface area (TPSA) is 45.1 Å². The summed E-state index contributed by atoms with van der Waals surface area (Å²) in [7, 11) is 5.82. The smallest absolute Gasteiger partial charge is 0.189 e. The van der Waals surface area contributed by atoms with Crippen LogP contribution in [0.4, 0.5) is 0 Å². The lowest BCUT2D eigenvalue weighted by atomic mass is 10.1. The third-order valence-electron chi connectivity index (χ3n) is 3.94. The van der Waals surface area contributed by atoms with Gasteiger partial charge in [0.25, 0.3) is 0 Å². The van der Waals surface area contributed by atoms with Crippen LogP contribution in [-0.2, 0) is 27.4 Å². The van der Waals surface area contributed by atoms with Crippen molar-refractivity contribution in [3.63, 3.8) is 0 Å². The first-order chi connectivity index (χ1) is 12.2. The van der Waals surface area contributed by atoms with E-state index in [-0.39, 0.29) is 6.79 Å². The Balaban J connectivity index is 2.22. The fourth-order valence-electron chi connectivity index (χ4n) is 2.66. The predicted molar refractivity (Wildman–Crippen MR) is 99.1 cm³/mol. The Bertz CT molecular complexity index is 640. The molecule has 1 aromatic carbocycles. The van der Waals surface area contributed by atoms with Gasteiger partial charge in [-0.2, -0.15) is 0 Å². The van der Waals surface area contributed by atoms with Crippen LogP contribution in [0.5, 0.6) is 5.75 Å². The quantitative estimate of drug-likeness (QED) is 0.435. The largest absolute Gasteiger partial charge is 0.467 e. The average Bonchev–Trinajstić information content (AvgIpc) is 2.96. The van der Waals surface area contributed by atoms with Gasteiger partial charge in [-0.1, -0.05) is 6.07 Å². The van der Waals surface area contributed by atoms with E-state index in [0.717, 1.165) is 29.6 Å². The Hall–Kier alpha value is -1.60. The van der Waals surface area contributed by atoms with Gasteiger partial charge in [0.05, 0.1) is 18.7 Å². The molecule has 2 aromatic rings. The number of aromatic nitrogens is 1. The molecule has 2 rings (SSSR count). The Morgan fingerprint density at radius 3 is 2.68 bits per heavy atom. The average molecular weight is 350 g/mol. The van der Waals surface area contributed by atoms with Crippen LogP contribution in [0.15, 0.2) is 24.4 Å². The Kier molecular flexibility index (Phi) is 8.21. The summed E-state index contributed by atoms with van der Waals surface area (Å²) in [5.74, 6) is 0.846. The van der Waals surface area contributed by atoms with Crippen LogP contribution in [0, 0.1) is 0 Å². The lowest BCUT2D eigenvalue weighted by molar-refractivity contribution is -0.00781. The molecule has 0 saturated heterocycles. The van der Waals surface area contributed by atoms with E-state index in [1.165, 1.54) is 5.56 Å². The van der Waals surface area contributed by atoms with Gasteiger partial charge < -0.3 is 28.4 Å². The minimum Gasteiger partial charge on any atom is -0.467 e. The van der Waals surface area contributed by atoms with Gasteiger partial charge >= 0.3 is 0 Å². The fraction of sp³-hybridized carbons (Fsp3) is 0.579. The normalized spacial score (nSPS) is 11.6. The first-order valence-corrected chi connectivity index (χ1v) is 8.70. The molecule has 0 fully saturated rings. The van der Waals surface area contributed by atoms with Crippen LogP contribution in [0.1, 0.15) is 12.5 Å². The molecule has 0 saturated carbocycles. The maximum atomic E-state index is 5.89. The molecule has 6 heteroatoms. The number of hydrogen-bond donors (Lipinski definition) is 0. The molecule has 0 amide bonds. The molecular formula is C19H30N2O4. The fourth-order valence-corrected chi connectivity index (χ4v) is 2.66. The lowest BCUT2D eigenvalue weighted by Crippen LogP contribution is -2.15. The molecule has 25 heavy (non-hydrogen) atoms. The molecule has 0 aliphatic carbocycles. The summed E-state index contributed by atoms with van der Waals surface area (Å²) in [6, 6.07) is 6.10. The van der Waals surface area contributed by atoms with Crippen LogP contribution >= 0.6 is 0 Å². The molecule has 0 N–H and O–H groups in total. The zero-order valence-electron chi connectivity index (χ0n) is 15.8. The van der Waals surface area contributed by atoms with Gasteiger partial charge in [-0.25, -0.2) is 0 Å². The van der Waals surface area contributed by atoms with Crippen LogP contribution in [0.25, 0.3) is 10.9 Å². The second-order valence-corrected chi connectivity index (χ2v) is 6.11. The highest BCUT2D eigenvalue weighted by Crippen LogP contribution is 2.31. The zero-order valence-corrected chi connectivity index (χ0v) is 15.8. The molecule has 0 spiro atoms. The number of likely N-dealkylation sites (N-methyl/N-ethyl adjacent to an activating group) is 1. The summed E-state index contributed by atoms with van der Waals surface area (Å²) in [4.78, 5) is 2.18. The van der Waals surface area contributed by atoms with Crippen molar-refractivity contribution in [2.45, 2.75) is 20.1 Å². The van der Waals surface area contributed by atoms with Gasteiger partial charge in [-0.05, 0) is 45.1 Å². The molecule has 0 atom stereocenters. The molecule has 0 aliphatic rings. The molecule has 0 bridgehead atoms. The molecule has 140 valence electrons. The van der Waals surface area contributed by atoms with E-state index in [4.69, 9.17) is 18.9 Å². The third kappa shape index (κ3) is 5.71. The molecule has 0 aliphatic heterocycles. The zero-order chi connectivity index (χ0) is 18.1. The summed E-state index contributed by atoms with van der Waals surface area (Å²) < 4.78 is 24.1. The lowest BCUT2D eigenvalue weighted by Gasteiger charge is -2.11. The van der Waals surface area contributed by atoms with Crippen molar-refractivity contribution in [1.82, 2.24) is 9.47 Å². The molecule has 6 nitrogen and oxygen atoms in total. The SMILES string of the molecule is CCOCn1cc(CCN(C)C)c2c(OCOCCOC)cccc21. The number of nitrogens with zero attached hydrogens (tertiary/aromatic N) is 2. The second-order valence-electron chi connectivity index (χ2n) is 6.11. The Morgan fingerprint density at radius 1 is 1.12 bits per heavy atom. The second kappa shape index (κ2) is 10.4. The summed E-state index contributed by atoms with van der Waals surface area (Å²) in [6.45, 7) is 5.51. The van der Waals surface area contributed by atoms with Crippen LogP contribution in [0.3, 0.4) is 0 Å². The van der Waals surface area contributed by atoms with E-state index < -0.39 is 0 Å². The Morgan fingerprint density at radius 2 is 1.96 bits per heavy atom. The van der Waals surface area contributed by atoms with E-state index in [0.29, 0.717) is 26.6 Å². The van der Waals surface area contributed by atoms with Gasteiger partial charge in [-0.15, -0.1) is 0 Å². The summed E-state index contributed by atoms with van der Waals surface area (Å²) in [5.41, 5.74) is 2.38. The predicted octanol–water partition coefficient (Wildman–Crippen LogP) is 2.74. The number of fused-ring (bicyclic) bond motifs is 1. The highest BCUT2D eigenvalue weighted by atomic mass is 16.7. The van der Waals surface area contributed by atoms with E-state index in [2.05, 4.69) is 35.8 Å². The molecular weight excluding hydrogens is 320 g/mol. The minimum absolute atomic E-state index is 0.215. The number of ether oxygens (including phenoxy) is 4. The van der Waals surface area contributed by atoms with Crippen LogP contribution < -0.4 is 4.74 Å². The van der Waals surface area contributed by atoms with Gasteiger partial charge in [-0.3, -0.25) is 0 Å². The van der Waals surface area contributed by atoms with Crippen molar-refractivity contribution in [3.05, 3.63) is 30.0 Å². The standard InChI is InChI=1S/C19H30N2O4/c1-5-23-14-21-13-16(9-10-20(2)3)19-17(21)7-6-8-18(19)25-15-24-12-11-22-4/h6-8,13H,5,9-12,14-15H2,1-4H3. The third-order valence-corrected chi connectivity index (χ3v) is 3.94. The van der Waals surface area contributed by atoms with Crippen molar-refractivity contribution >= 4 is 10.9 Å². The highest BCUT2D eigenvalue weighted by Gasteiger charge is 2.14.